The summed E-state index contributed by atoms with van der Waals surface area (Å²) in [5.41, 5.74) is 0.434. The first kappa shape index (κ1) is 26.9. The Bertz CT molecular complexity index is 1640. The third-order valence-electron chi connectivity index (χ3n) is 5.86. The van der Waals surface area contributed by atoms with Crippen molar-refractivity contribution >= 4 is 53.5 Å². The van der Waals surface area contributed by atoms with Gasteiger partial charge in [0.15, 0.2) is 4.80 Å². The van der Waals surface area contributed by atoms with Gasteiger partial charge in [-0.05, 0) is 55.3 Å². The summed E-state index contributed by atoms with van der Waals surface area (Å²) < 4.78 is 62.9. The number of carbonyl (C=O) groups excluding carboxylic acids is 2. The van der Waals surface area contributed by atoms with E-state index in [1.165, 1.54) is 61.3 Å². The zero-order valence-corrected chi connectivity index (χ0v) is 22.3. The SMILES string of the molecule is COC(=O)Cn1c(=NC(=O)C2CCCN2S(=O)(=O)c2ccc(OC)cc2)sc2cc(S(N)(=O)=O)ccc21. The Labute approximate surface area is 217 Å². The standard InChI is InChI=1S/C22H24N4O8S3/c1-33-14-5-7-15(8-6-14)37(31,32)26-11-3-4-18(26)21(28)24-22-25(13-20(27)34-2)17-10-9-16(36(23,29)30)12-19(17)35-22/h5-10,12,18H,3-4,11,13H2,1-2H3,(H2,23,29,30). The highest BCUT2D eigenvalue weighted by atomic mass is 32.2. The van der Waals surface area contributed by atoms with Crippen LogP contribution in [0.2, 0.25) is 0 Å². The molecule has 1 saturated heterocycles. The van der Waals surface area contributed by atoms with Crippen LogP contribution in [0.1, 0.15) is 12.8 Å². The summed E-state index contributed by atoms with van der Waals surface area (Å²) in [6.45, 7) is -0.150. The van der Waals surface area contributed by atoms with Crippen LogP contribution in [0, 0.1) is 0 Å². The molecule has 198 valence electrons. The Hall–Kier alpha value is -3.11. The molecule has 2 aromatic carbocycles. The molecule has 1 aliphatic heterocycles. The third-order valence-corrected chi connectivity index (χ3v) is 9.73. The summed E-state index contributed by atoms with van der Waals surface area (Å²) in [5.74, 6) is -0.825. The van der Waals surface area contributed by atoms with Crippen molar-refractivity contribution in [1.29, 1.82) is 0 Å². The van der Waals surface area contributed by atoms with Gasteiger partial charge in [-0.25, -0.2) is 22.0 Å². The number of fused-ring (bicyclic) bond motifs is 1. The molecule has 2 heterocycles. The summed E-state index contributed by atoms with van der Waals surface area (Å²) in [7, 11) is -5.30. The van der Waals surface area contributed by atoms with E-state index in [1.54, 1.807) is 0 Å². The van der Waals surface area contributed by atoms with Gasteiger partial charge in [-0.2, -0.15) is 9.30 Å². The predicted molar refractivity (Wildman–Crippen MR) is 134 cm³/mol. The summed E-state index contributed by atoms with van der Waals surface area (Å²) in [6, 6.07) is 8.87. The molecule has 1 aliphatic rings. The summed E-state index contributed by atoms with van der Waals surface area (Å²) in [5, 5.41) is 5.23. The highest BCUT2D eigenvalue weighted by molar-refractivity contribution is 7.89. The number of primary sulfonamides is 1. The highest BCUT2D eigenvalue weighted by Gasteiger charge is 2.39. The van der Waals surface area contributed by atoms with Crippen molar-refractivity contribution in [3.63, 3.8) is 0 Å². The van der Waals surface area contributed by atoms with E-state index in [0.29, 0.717) is 22.4 Å². The lowest BCUT2D eigenvalue weighted by molar-refractivity contribution is -0.141. The summed E-state index contributed by atoms with van der Waals surface area (Å²) in [6.07, 6.45) is 0.739. The molecule has 37 heavy (non-hydrogen) atoms. The van der Waals surface area contributed by atoms with E-state index in [1.807, 2.05) is 0 Å². The molecule has 0 aliphatic carbocycles. The van der Waals surface area contributed by atoms with Crippen LogP contribution in [-0.2, 0) is 40.9 Å². The van der Waals surface area contributed by atoms with Gasteiger partial charge in [0.1, 0.15) is 18.3 Å². The van der Waals surface area contributed by atoms with Crippen LogP contribution in [0.4, 0.5) is 0 Å². The van der Waals surface area contributed by atoms with Crippen molar-refractivity contribution in [2.75, 3.05) is 20.8 Å². The predicted octanol–water partition coefficient (Wildman–Crippen LogP) is 0.812. The van der Waals surface area contributed by atoms with E-state index >= 15 is 0 Å². The van der Waals surface area contributed by atoms with Crippen molar-refractivity contribution in [1.82, 2.24) is 8.87 Å². The summed E-state index contributed by atoms with van der Waals surface area (Å²) >= 11 is 0.969. The smallest absolute Gasteiger partial charge is 0.325 e. The minimum Gasteiger partial charge on any atom is -0.497 e. The van der Waals surface area contributed by atoms with Gasteiger partial charge in [0.05, 0.1) is 34.2 Å². The molecule has 15 heteroatoms. The number of ether oxygens (including phenoxy) is 2. The van der Waals surface area contributed by atoms with Gasteiger partial charge in [0.2, 0.25) is 20.0 Å². The van der Waals surface area contributed by atoms with Gasteiger partial charge in [0.25, 0.3) is 5.91 Å². The van der Waals surface area contributed by atoms with Crippen molar-refractivity contribution in [3.8, 4) is 5.75 Å². The number of hydrogen-bond acceptors (Lipinski definition) is 9. The first-order chi connectivity index (χ1) is 17.5. The number of esters is 1. The summed E-state index contributed by atoms with van der Waals surface area (Å²) in [4.78, 5) is 29.5. The topological polar surface area (TPSA) is 167 Å². The van der Waals surface area contributed by atoms with E-state index in [2.05, 4.69) is 4.99 Å². The lowest BCUT2D eigenvalue weighted by Crippen LogP contribution is -2.40. The fraction of sp³-hybridized carbons (Fsp3) is 0.318. The number of rotatable bonds is 7. The van der Waals surface area contributed by atoms with Crippen molar-refractivity contribution in [2.45, 2.75) is 35.2 Å². The number of carbonyl (C=O) groups is 2. The van der Waals surface area contributed by atoms with Crippen LogP contribution in [0.15, 0.2) is 57.2 Å². The number of nitrogens with two attached hydrogens (primary N) is 1. The maximum atomic E-state index is 13.3. The second-order valence-corrected chi connectivity index (χ2v) is 12.6. The van der Waals surface area contributed by atoms with Crippen molar-refractivity contribution < 1.29 is 35.9 Å². The lowest BCUT2D eigenvalue weighted by atomic mass is 10.2. The average molecular weight is 569 g/mol. The van der Waals surface area contributed by atoms with Gasteiger partial charge in [0, 0.05) is 6.54 Å². The number of nitrogens with zero attached hydrogens (tertiary/aromatic N) is 3. The number of hydrogen-bond donors (Lipinski definition) is 1. The molecule has 1 aromatic heterocycles. The monoisotopic (exact) mass is 568 g/mol. The molecule has 1 unspecified atom stereocenters. The molecule has 1 amide bonds. The van der Waals surface area contributed by atoms with Crippen molar-refractivity contribution in [2.24, 2.45) is 10.1 Å². The molecular formula is C22H24N4O8S3. The fourth-order valence-electron chi connectivity index (χ4n) is 3.99. The zero-order valence-electron chi connectivity index (χ0n) is 19.9. The maximum Gasteiger partial charge on any atom is 0.325 e. The number of thiazole rings is 1. The Balaban J connectivity index is 1.75. The molecule has 12 nitrogen and oxygen atoms in total. The van der Waals surface area contributed by atoms with Crippen LogP contribution in [0.25, 0.3) is 10.2 Å². The number of aromatic nitrogens is 1. The first-order valence-electron chi connectivity index (χ1n) is 10.9. The molecule has 3 aromatic rings. The molecule has 0 spiro atoms. The largest absolute Gasteiger partial charge is 0.497 e. The van der Waals surface area contributed by atoms with Gasteiger partial charge in [-0.3, -0.25) is 9.59 Å². The molecular weight excluding hydrogens is 544 g/mol. The number of amides is 1. The van der Waals surface area contributed by atoms with Crippen LogP contribution in [-0.4, -0.2) is 64.4 Å². The minimum absolute atomic E-state index is 0.0196. The molecule has 0 saturated carbocycles. The average Bonchev–Trinajstić information content (AvgIpc) is 3.49. The number of sulfonamides is 2. The van der Waals surface area contributed by atoms with Gasteiger partial charge in [-0.15, -0.1) is 0 Å². The second kappa shape index (κ2) is 10.3. The lowest BCUT2D eigenvalue weighted by Gasteiger charge is -2.21. The Morgan fingerprint density at radius 2 is 1.76 bits per heavy atom. The van der Waals surface area contributed by atoms with E-state index in [0.717, 1.165) is 15.6 Å². The second-order valence-electron chi connectivity index (χ2n) is 8.12. The van der Waals surface area contributed by atoms with Crippen LogP contribution in [0.5, 0.6) is 5.75 Å². The first-order valence-corrected chi connectivity index (χ1v) is 14.7. The van der Waals surface area contributed by atoms with Gasteiger partial charge >= 0.3 is 5.97 Å². The van der Waals surface area contributed by atoms with E-state index < -0.39 is 38.0 Å². The minimum atomic E-state index is -3.99. The number of methoxy groups -OCH3 is 2. The van der Waals surface area contributed by atoms with E-state index in [-0.39, 0.29) is 34.1 Å². The molecule has 1 fully saturated rings. The van der Waals surface area contributed by atoms with Crippen molar-refractivity contribution in [3.05, 3.63) is 47.3 Å². The number of benzene rings is 2. The van der Waals surface area contributed by atoms with E-state index in [4.69, 9.17) is 14.6 Å². The Morgan fingerprint density at radius 1 is 1.08 bits per heavy atom. The molecule has 1 atom stereocenters. The fourth-order valence-corrected chi connectivity index (χ4v) is 7.33. The van der Waals surface area contributed by atoms with Gasteiger partial charge in [-0.1, -0.05) is 11.3 Å². The van der Waals surface area contributed by atoms with Crippen LogP contribution in [0.3, 0.4) is 0 Å². The third kappa shape index (κ3) is 5.45. The Morgan fingerprint density at radius 3 is 2.38 bits per heavy atom. The Kier molecular flexibility index (Phi) is 7.52. The van der Waals surface area contributed by atoms with Gasteiger partial charge < -0.3 is 14.0 Å². The van der Waals surface area contributed by atoms with Crippen LogP contribution >= 0.6 is 11.3 Å². The van der Waals surface area contributed by atoms with E-state index in [9.17, 15) is 26.4 Å². The maximum absolute atomic E-state index is 13.3. The van der Waals surface area contributed by atoms with Crippen LogP contribution < -0.4 is 14.7 Å². The molecule has 0 bridgehead atoms. The molecule has 0 radical (unpaired) electrons. The molecule has 2 N–H and O–H groups in total. The quantitative estimate of drug-likeness (QED) is 0.409. The molecule has 4 rings (SSSR count). The normalized spacial score (nSPS) is 17.3. The highest BCUT2D eigenvalue weighted by Crippen LogP contribution is 2.28. The zero-order chi connectivity index (χ0) is 27.0.